The monoisotopic (exact) mass is 447 g/mol. The van der Waals surface area contributed by atoms with Crippen LogP contribution in [0.1, 0.15) is 39.4 Å². The fourth-order valence-electron chi connectivity index (χ4n) is 3.14. The molecule has 0 fully saturated rings. The lowest BCUT2D eigenvalue weighted by atomic mass is 10.1. The van der Waals surface area contributed by atoms with E-state index < -0.39 is 0 Å². The Labute approximate surface area is 189 Å². The van der Waals surface area contributed by atoms with Crippen molar-refractivity contribution >= 4 is 40.2 Å². The van der Waals surface area contributed by atoms with Crippen LogP contribution in [0.5, 0.6) is 0 Å². The van der Waals surface area contributed by atoms with Crippen LogP contribution in [0.25, 0.3) is 10.6 Å². The topological polar surface area (TPSA) is 62.3 Å². The molecule has 2 heterocycles. The number of thiazole rings is 1. The van der Waals surface area contributed by atoms with Crippen molar-refractivity contribution in [2.24, 2.45) is 0 Å². The number of aromatic nitrogens is 1. The minimum Gasteiger partial charge on any atom is -0.334 e. The molecule has 5 nitrogen and oxygen atoms in total. The highest BCUT2D eigenvalue weighted by Gasteiger charge is 2.22. The lowest BCUT2D eigenvalue weighted by Gasteiger charge is -2.25. The van der Waals surface area contributed by atoms with Gasteiger partial charge in [0.15, 0.2) is 0 Å². The molecule has 2 aromatic carbocycles. The average Bonchev–Trinajstić information content (AvgIpc) is 3.50. The summed E-state index contributed by atoms with van der Waals surface area (Å²) in [5.74, 6) is -0.303. The van der Waals surface area contributed by atoms with E-state index in [4.69, 9.17) is 0 Å². The highest BCUT2D eigenvalue weighted by Crippen LogP contribution is 2.28. The normalized spacial score (nSPS) is 11.7. The zero-order valence-electron chi connectivity index (χ0n) is 17.1. The SMILES string of the molecule is CC(c1cccc(NC(=O)c2ccccc2)c1)N(C)C(=O)c1csc(-c2ccsc2)n1. The van der Waals surface area contributed by atoms with E-state index in [1.807, 2.05) is 66.2 Å². The van der Waals surface area contributed by atoms with E-state index in [2.05, 4.69) is 10.3 Å². The molecule has 4 rings (SSSR count). The Bertz CT molecular complexity index is 1190. The summed E-state index contributed by atoms with van der Waals surface area (Å²) in [6, 6.07) is 18.4. The van der Waals surface area contributed by atoms with Gasteiger partial charge in [0.2, 0.25) is 0 Å². The smallest absolute Gasteiger partial charge is 0.273 e. The molecule has 31 heavy (non-hydrogen) atoms. The summed E-state index contributed by atoms with van der Waals surface area (Å²) < 4.78 is 0. The third-order valence-corrected chi connectivity index (χ3v) is 6.63. The maximum Gasteiger partial charge on any atom is 0.273 e. The molecule has 0 aliphatic carbocycles. The second-order valence-electron chi connectivity index (χ2n) is 7.09. The molecule has 2 aromatic heterocycles. The lowest BCUT2D eigenvalue weighted by molar-refractivity contribution is 0.0737. The standard InChI is InChI=1S/C24H21N3O2S2/c1-16(27(2)24(29)21-15-31-23(26-21)19-11-12-30-14-19)18-9-6-10-20(13-18)25-22(28)17-7-4-3-5-8-17/h3-16H,1-2H3,(H,25,28). The van der Waals surface area contributed by atoms with Gasteiger partial charge in [0, 0.05) is 34.6 Å². The van der Waals surface area contributed by atoms with E-state index in [0.717, 1.165) is 16.1 Å². The van der Waals surface area contributed by atoms with Gasteiger partial charge < -0.3 is 10.2 Å². The summed E-state index contributed by atoms with van der Waals surface area (Å²) in [5.41, 5.74) is 3.68. The van der Waals surface area contributed by atoms with Crippen molar-refractivity contribution in [2.45, 2.75) is 13.0 Å². The first-order valence-corrected chi connectivity index (χ1v) is 11.6. The summed E-state index contributed by atoms with van der Waals surface area (Å²) in [7, 11) is 1.77. The van der Waals surface area contributed by atoms with Crippen molar-refractivity contribution in [2.75, 3.05) is 12.4 Å². The Morgan fingerprint density at radius 3 is 2.58 bits per heavy atom. The van der Waals surface area contributed by atoms with Gasteiger partial charge in [-0.1, -0.05) is 30.3 Å². The minimum atomic E-state index is -0.188. The Kier molecular flexibility index (Phi) is 6.25. The van der Waals surface area contributed by atoms with Crippen LogP contribution in [0.15, 0.2) is 76.8 Å². The first kappa shape index (κ1) is 21.0. The molecule has 4 aromatic rings. The summed E-state index contributed by atoms with van der Waals surface area (Å²) in [4.78, 5) is 31.6. The zero-order valence-corrected chi connectivity index (χ0v) is 18.7. The Morgan fingerprint density at radius 2 is 1.84 bits per heavy atom. The maximum absolute atomic E-state index is 13.0. The number of hydrogen-bond acceptors (Lipinski definition) is 5. The fraction of sp³-hybridized carbons (Fsp3) is 0.125. The Morgan fingerprint density at radius 1 is 1.03 bits per heavy atom. The second kappa shape index (κ2) is 9.24. The summed E-state index contributed by atoms with van der Waals surface area (Å²) >= 11 is 3.07. The molecule has 1 N–H and O–H groups in total. The number of benzene rings is 2. The molecular weight excluding hydrogens is 426 g/mol. The molecule has 0 bridgehead atoms. The van der Waals surface area contributed by atoms with Gasteiger partial charge in [0.1, 0.15) is 10.7 Å². The van der Waals surface area contributed by atoms with Crippen LogP contribution in [0, 0.1) is 0 Å². The molecule has 0 saturated heterocycles. The first-order valence-electron chi connectivity index (χ1n) is 9.74. The zero-order chi connectivity index (χ0) is 21.8. The van der Waals surface area contributed by atoms with E-state index in [1.54, 1.807) is 40.8 Å². The molecule has 1 unspecified atom stereocenters. The summed E-state index contributed by atoms with van der Waals surface area (Å²) in [6.45, 7) is 1.96. The number of amides is 2. The van der Waals surface area contributed by atoms with Crippen LogP contribution in [0.3, 0.4) is 0 Å². The number of thiophene rings is 1. The van der Waals surface area contributed by atoms with Gasteiger partial charge in [-0.3, -0.25) is 9.59 Å². The van der Waals surface area contributed by atoms with Crippen LogP contribution in [0.2, 0.25) is 0 Å². The number of anilines is 1. The fourth-order valence-corrected chi connectivity index (χ4v) is 4.65. The predicted molar refractivity (Wildman–Crippen MR) is 127 cm³/mol. The third-order valence-electron chi connectivity index (χ3n) is 5.06. The molecule has 0 spiro atoms. The van der Waals surface area contributed by atoms with Gasteiger partial charge in [0.25, 0.3) is 11.8 Å². The number of carbonyl (C=O) groups is 2. The van der Waals surface area contributed by atoms with E-state index in [1.165, 1.54) is 11.3 Å². The van der Waals surface area contributed by atoms with Crippen molar-refractivity contribution in [3.63, 3.8) is 0 Å². The Hall–Kier alpha value is -3.29. The number of nitrogens with one attached hydrogen (secondary N) is 1. The minimum absolute atomic E-state index is 0.135. The molecule has 0 saturated carbocycles. The molecule has 7 heteroatoms. The van der Waals surface area contributed by atoms with Crippen molar-refractivity contribution in [3.8, 4) is 10.6 Å². The van der Waals surface area contributed by atoms with Gasteiger partial charge in [-0.05, 0) is 48.2 Å². The quantitative estimate of drug-likeness (QED) is 0.397. The maximum atomic E-state index is 13.0. The van der Waals surface area contributed by atoms with Crippen LogP contribution in [-0.2, 0) is 0 Å². The molecule has 2 amide bonds. The molecule has 0 aliphatic rings. The predicted octanol–water partition coefficient (Wildman–Crippen LogP) is 5.96. The molecule has 0 aliphatic heterocycles. The molecular formula is C24H21N3O2S2. The first-order chi connectivity index (χ1) is 15.0. The summed E-state index contributed by atoms with van der Waals surface area (Å²) in [5, 5.41) is 9.58. The molecule has 0 radical (unpaired) electrons. The van der Waals surface area contributed by atoms with Crippen LogP contribution < -0.4 is 5.32 Å². The lowest BCUT2D eigenvalue weighted by Crippen LogP contribution is -2.30. The van der Waals surface area contributed by atoms with E-state index >= 15 is 0 Å². The van der Waals surface area contributed by atoms with Crippen LogP contribution >= 0.6 is 22.7 Å². The van der Waals surface area contributed by atoms with E-state index in [0.29, 0.717) is 16.9 Å². The van der Waals surface area contributed by atoms with E-state index in [9.17, 15) is 9.59 Å². The van der Waals surface area contributed by atoms with Crippen molar-refractivity contribution < 1.29 is 9.59 Å². The second-order valence-corrected chi connectivity index (χ2v) is 8.73. The van der Waals surface area contributed by atoms with Gasteiger partial charge in [-0.2, -0.15) is 11.3 Å². The molecule has 156 valence electrons. The van der Waals surface area contributed by atoms with E-state index in [-0.39, 0.29) is 17.9 Å². The average molecular weight is 448 g/mol. The number of hydrogen-bond donors (Lipinski definition) is 1. The highest BCUT2D eigenvalue weighted by atomic mass is 32.1. The highest BCUT2D eigenvalue weighted by molar-refractivity contribution is 7.14. The largest absolute Gasteiger partial charge is 0.334 e. The van der Waals surface area contributed by atoms with Crippen molar-refractivity contribution in [1.82, 2.24) is 9.88 Å². The number of carbonyl (C=O) groups excluding carboxylic acids is 2. The Balaban J connectivity index is 1.47. The van der Waals surface area contributed by atoms with Gasteiger partial charge in [0.05, 0.1) is 6.04 Å². The van der Waals surface area contributed by atoms with Gasteiger partial charge >= 0.3 is 0 Å². The molecule has 1 atom stereocenters. The summed E-state index contributed by atoms with van der Waals surface area (Å²) in [6.07, 6.45) is 0. The van der Waals surface area contributed by atoms with Crippen LogP contribution in [-0.4, -0.2) is 28.7 Å². The van der Waals surface area contributed by atoms with Crippen molar-refractivity contribution in [1.29, 1.82) is 0 Å². The van der Waals surface area contributed by atoms with Gasteiger partial charge in [-0.25, -0.2) is 4.98 Å². The van der Waals surface area contributed by atoms with Crippen molar-refractivity contribution in [3.05, 3.63) is 93.6 Å². The van der Waals surface area contributed by atoms with Gasteiger partial charge in [-0.15, -0.1) is 11.3 Å². The number of rotatable bonds is 6. The number of nitrogens with zero attached hydrogens (tertiary/aromatic N) is 2. The third kappa shape index (κ3) is 4.73. The van der Waals surface area contributed by atoms with Crippen LogP contribution in [0.4, 0.5) is 5.69 Å².